The molecule has 1 saturated carbocycles. The van der Waals surface area contributed by atoms with Crippen molar-refractivity contribution in [2.75, 3.05) is 0 Å². The third-order valence-corrected chi connectivity index (χ3v) is 5.48. The topological polar surface area (TPSA) is 40.5 Å². The molecule has 2 rings (SSSR count). The van der Waals surface area contributed by atoms with Gasteiger partial charge in [-0.3, -0.25) is 0 Å². The molecule has 0 aliphatic heterocycles. The molecule has 0 aromatic heterocycles. The Morgan fingerprint density at radius 1 is 1.04 bits per heavy atom. The molecule has 0 spiro atoms. The van der Waals surface area contributed by atoms with Crippen molar-refractivity contribution < 1.29 is 42.9 Å². The first kappa shape index (κ1) is 29.3. The van der Waals surface area contributed by atoms with E-state index in [1.54, 1.807) is 12.1 Å². The van der Waals surface area contributed by atoms with Gasteiger partial charge in [-0.1, -0.05) is 73.4 Å². The average Bonchev–Trinajstić information content (AvgIpc) is 2.62. The van der Waals surface area contributed by atoms with E-state index in [-0.39, 0.29) is 38.8 Å². The summed E-state index contributed by atoms with van der Waals surface area (Å²) >= 11 is 0. The van der Waals surface area contributed by atoms with E-state index in [0.29, 0.717) is 23.5 Å². The molecule has 0 heterocycles. The number of hydrogen-bond acceptors (Lipinski definition) is 2. The number of aliphatic hydroxyl groups excluding tert-OH is 1. The van der Waals surface area contributed by atoms with Crippen LogP contribution >= 0.6 is 0 Å². The average molecular weight is 454 g/mol. The van der Waals surface area contributed by atoms with Gasteiger partial charge in [0.05, 0.1) is 6.10 Å². The van der Waals surface area contributed by atoms with Crippen LogP contribution in [0.2, 0.25) is 0 Å². The van der Waals surface area contributed by atoms with Gasteiger partial charge in [-0.05, 0) is 67.1 Å². The SMILES string of the molecule is CC.CC1CCC(C(C)C)C(O)C1.CCCC(CC)c1ccc(O)cc1.[Y]. The van der Waals surface area contributed by atoms with Crippen LogP contribution in [0.5, 0.6) is 5.75 Å². The van der Waals surface area contributed by atoms with E-state index >= 15 is 0 Å². The molecule has 4 unspecified atom stereocenters. The molecule has 4 atom stereocenters. The molecule has 2 N–H and O–H groups in total. The van der Waals surface area contributed by atoms with E-state index < -0.39 is 0 Å². The standard InChI is InChI=1S/C12H18O.C10H20O.C2H6.Y/c1-3-5-10(4-2)11-6-8-12(13)9-7-11;1-7(2)9-5-4-8(3)6-10(9)11;1-2;/h6-10,13H,3-5H2,1-2H3;7-11H,4-6H2,1-3H3;1-2H3;. The van der Waals surface area contributed by atoms with Crippen LogP contribution < -0.4 is 0 Å². The van der Waals surface area contributed by atoms with Crippen LogP contribution in [0, 0.1) is 17.8 Å². The van der Waals surface area contributed by atoms with Gasteiger partial charge in [0, 0.05) is 32.7 Å². The van der Waals surface area contributed by atoms with Gasteiger partial charge < -0.3 is 10.2 Å². The molecule has 155 valence electrons. The predicted octanol–water partition coefficient (Wildman–Crippen LogP) is 7.15. The number of aliphatic hydroxyl groups is 1. The van der Waals surface area contributed by atoms with Gasteiger partial charge in [0.1, 0.15) is 5.75 Å². The summed E-state index contributed by atoms with van der Waals surface area (Å²) in [5, 5.41) is 18.9. The first-order valence-corrected chi connectivity index (χ1v) is 10.9. The molecular formula is C24H44O2Y. The molecule has 0 bridgehead atoms. The summed E-state index contributed by atoms with van der Waals surface area (Å²) in [5.41, 5.74) is 1.35. The van der Waals surface area contributed by atoms with E-state index in [9.17, 15) is 5.11 Å². The maximum Gasteiger partial charge on any atom is 0.115 e. The second-order valence-corrected chi connectivity index (χ2v) is 7.88. The van der Waals surface area contributed by atoms with Crippen molar-refractivity contribution in [1.29, 1.82) is 0 Å². The van der Waals surface area contributed by atoms with Gasteiger partial charge in [-0.25, -0.2) is 0 Å². The Balaban J connectivity index is 0. The van der Waals surface area contributed by atoms with Crippen molar-refractivity contribution in [2.24, 2.45) is 17.8 Å². The Labute approximate surface area is 194 Å². The van der Waals surface area contributed by atoms with Gasteiger partial charge in [0.2, 0.25) is 0 Å². The van der Waals surface area contributed by atoms with Gasteiger partial charge in [-0.2, -0.15) is 0 Å². The van der Waals surface area contributed by atoms with Gasteiger partial charge in [0.25, 0.3) is 0 Å². The molecule has 1 aromatic carbocycles. The number of aromatic hydroxyl groups is 1. The molecule has 2 nitrogen and oxygen atoms in total. The molecule has 0 amide bonds. The summed E-state index contributed by atoms with van der Waals surface area (Å²) in [7, 11) is 0. The minimum absolute atomic E-state index is 0. The fourth-order valence-corrected chi connectivity index (χ4v) is 3.85. The maximum absolute atomic E-state index is 9.71. The molecular weight excluding hydrogens is 409 g/mol. The first-order chi connectivity index (χ1) is 12.4. The molecule has 1 fully saturated rings. The minimum atomic E-state index is -0.0289. The van der Waals surface area contributed by atoms with Crippen molar-refractivity contribution >= 4 is 0 Å². The monoisotopic (exact) mass is 453 g/mol. The fourth-order valence-electron chi connectivity index (χ4n) is 3.85. The summed E-state index contributed by atoms with van der Waals surface area (Å²) < 4.78 is 0. The molecule has 3 heteroatoms. The number of rotatable bonds is 5. The molecule has 1 aliphatic rings. The van der Waals surface area contributed by atoms with Crippen LogP contribution in [-0.2, 0) is 32.7 Å². The summed E-state index contributed by atoms with van der Waals surface area (Å²) in [4.78, 5) is 0. The first-order valence-electron chi connectivity index (χ1n) is 10.9. The van der Waals surface area contributed by atoms with Crippen molar-refractivity contribution in [3.05, 3.63) is 29.8 Å². The largest absolute Gasteiger partial charge is 0.508 e. The quantitative estimate of drug-likeness (QED) is 0.497. The van der Waals surface area contributed by atoms with Crippen molar-refractivity contribution in [1.82, 2.24) is 0 Å². The van der Waals surface area contributed by atoms with Crippen LogP contribution in [0.4, 0.5) is 0 Å². The molecule has 27 heavy (non-hydrogen) atoms. The Kier molecular flexibility index (Phi) is 18.4. The van der Waals surface area contributed by atoms with E-state index in [0.717, 1.165) is 12.3 Å². The number of phenols is 1. The number of phenolic OH excluding ortho intramolecular Hbond substituents is 1. The third kappa shape index (κ3) is 11.6. The summed E-state index contributed by atoms with van der Waals surface area (Å²) in [6, 6.07) is 7.60. The second kappa shape index (κ2) is 17.0. The zero-order chi connectivity index (χ0) is 20.1. The predicted molar refractivity (Wildman–Crippen MR) is 115 cm³/mol. The maximum atomic E-state index is 9.71. The van der Waals surface area contributed by atoms with Crippen LogP contribution in [0.15, 0.2) is 24.3 Å². The molecule has 1 radical (unpaired) electrons. The summed E-state index contributed by atoms with van der Waals surface area (Å²) in [6.07, 6.45) is 7.15. The number of hydrogen-bond donors (Lipinski definition) is 2. The Bertz CT molecular complexity index is 444. The summed E-state index contributed by atoms with van der Waals surface area (Å²) in [5.74, 6) is 2.96. The minimum Gasteiger partial charge on any atom is -0.508 e. The Hall–Kier alpha value is 0.0839. The van der Waals surface area contributed by atoms with E-state index in [4.69, 9.17) is 5.11 Å². The molecule has 0 saturated heterocycles. The molecule has 1 aliphatic carbocycles. The second-order valence-electron chi connectivity index (χ2n) is 7.88. The zero-order valence-corrected chi connectivity index (χ0v) is 21.7. The normalized spacial score (nSPS) is 22.5. The van der Waals surface area contributed by atoms with E-state index in [2.05, 4.69) is 34.6 Å². The summed E-state index contributed by atoms with van der Waals surface area (Å²) in [6.45, 7) is 15.1. The van der Waals surface area contributed by atoms with E-state index in [1.165, 1.54) is 37.7 Å². The van der Waals surface area contributed by atoms with Crippen molar-refractivity contribution in [2.45, 2.75) is 99.0 Å². The van der Waals surface area contributed by atoms with Crippen LogP contribution in [-0.4, -0.2) is 16.3 Å². The smallest absolute Gasteiger partial charge is 0.115 e. The van der Waals surface area contributed by atoms with Crippen molar-refractivity contribution in [3.63, 3.8) is 0 Å². The Morgan fingerprint density at radius 3 is 2.00 bits per heavy atom. The van der Waals surface area contributed by atoms with Gasteiger partial charge in [0.15, 0.2) is 0 Å². The molecule has 1 aromatic rings. The van der Waals surface area contributed by atoms with Crippen LogP contribution in [0.25, 0.3) is 0 Å². The zero-order valence-electron chi connectivity index (χ0n) is 18.9. The van der Waals surface area contributed by atoms with Crippen LogP contribution in [0.3, 0.4) is 0 Å². The Morgan fingerprint density at radius 2 is 1.59 bits per heavy atom. The van der Waals surface area contributed by atoms with Crippen LogP contribution in [0.1, 0.15) is 98.5 Å². The third-order valence-electron chi connectivity index (χ3n) is 5.48. The van der Waals surface area contributed by atoms with Crippen molar-refractivity contribution in [3.8, 4) is 5.75 Å². The van der Waals surface area contributed by atoms with Gasteiger partial charge in [-0.15, -0.1) is 0 Å². The van der Waals surface area contributed by atoms with Gasteiger partial charge >= 0.3 is 0 Å². The van der Waals surface area contributed by atoms with E-state index in [1.807, 2.05) is 26.0 Å². The number of benzene rings is 1. The fraction of sp³-hybridized carbons (Fsp3) is 0.750.